The second-order valence-corrected chi connectivity index (χ2v) is 3.73. The summed E-state index contributed by atoms with van der Waals surface area (Å²) in [6.45, 7) is 1.49. The second kappa shape index (κ2) is 3.94. The molecular formula is C10H15N3O2. The van der Waals surface area contributed by atoms with Crippen LogP contribution in [0.5, 0.6) is 0 Å². The third-order valence-corrected chi connectivity index (χ3v) is 2.81. The summed E-state index contributed by atoms with van der Waals surface area (Å²) in [7, 11) is 0. The predicted octanol–water partition coefficient (Wildman–Crippen LogP) is 0.521. The lowest BCUT2D eigenvalue weighted by molar-refractivity contribution is 0.0702. The molecule has 0 aromatic carbocycles. The molecule has 1 fully saturated rings. The van der Waals surface area contributed by atoms with Crippen LogP contribution < -0.4 is 11.5 Å². The number of rotatable bonds is 2. The van der Waals surface area contributed by atoms with Gasteiger partial charge < -0.3 is 20.8 Å². The van der Waals surface area contributed by atoms with Gasteiger partial charge in [-0.2, -0.15) is 0 Å². The Labute approximate surface area is 88.0 Å². The summed E-state index contributed by atoms with van der Waals surface area (Å²) in [6.07, 6.45) is 3.68. The molecule has 0 bridgehead atoms. The molecule has 1 aromatic rings. The van der Waals surface area contributed by atoms with E-state index in [2.05, 4.69) is 0 Å². The highest BCUT2D eigenvalue weighted by Gasteiger charge is 2.19. The number of aromatic nitrogens is 1. The minimum atomic E-state index is -0.474. The Morgan fingerprint density at radius 2 is 2.13 bits per heavy atom. The van der Waals surface area contributed by atoms with Gasteiger partial charge in [0, 0.05) is 25.5 Å². The van der Waals surface area contributed by atoms with Gasteiger partial charge >= 0.3 is 0 Å². The Balaban J connectivity index is 2.24. The van der Waals surface area contributed by atoms with Crippen molar-refractivity contribution in [1.29, 1.82) is 0 Å². The molecule has 5 heteroatoms. The molecule has 1 aliphatic heterocycles. The molecule has 0 spiro atoms. The average molecular weight is 209 g/mol. The SMILES string of the molecule is NC(=O)c1ccn(C2CCOCC2)c1N. The highest BCUT2D eigenvalue weighted by molar-refractivity contribution is 5.97. The summed E-state index contributed by atoms with van der Waals surface area (Å²) < 4.78 is 7.19. The van der Waals surface area contributed by atoms with Crippen LogP contribution in [-0.4, -0.2) is 23.7 Å². The van der Waals surface area contributed by atoms with Gasteiger partial charge in [-0.25, -0.2) is 0 Å². The molecule has 1 saturated heterocycles. The van der Waals surface area contributed by atoms with Crippen LogP contribution in [0, 0.1) is 0 Å². The van der Waals surface area contributed by atoms with Crippen LogP contribution >= 0.6 is 0 Å². The average Bonchev–Trinajstić information content (AvgIpc) is 2.61. The van der Waals surface area contributed by atoms with Gasteiger partial charge in [0.25, 0.3) is 5.91 Å². The minimum Gasteiger partial charge on any atom is -0.384 e. The van der Waals surface area contributed by atoms with Crippen LogP contribution in [-0.2, 0) is 4.74 Å². The molecular weight excluding hydrogens is 194 g/mol. The van der Waals surface area contributed by atoms with E-state index in [0.717, 1.165) is 26.1 Å². The molecule has 0 radical (unpaired) electrons. The number of nitrogen functional groups attached to an aromatic ring is 1. The van der Waals surface area contributed by atoms with Gasteiger partial charge in [0.15, 0.2) is 0 Å². The second-order valence-electron chi connectivity index (χ2n) is 3.73. The molecule has 0 aliphatic carbocycles. The normalized spacial score (nSPS) is 17.9. The third kappa shape index (κ3) is 1.83. The number of nitrogens with two attached hydrogens (primary N) is 2. The molecule has 5 nitrogen and oxygen atoms in total. The zero-order chi connectivity index (χ0) is 10.8. The number of nitrogens with zero attached hydrogens (tertiary/aromatic N) is 1. The molecule has 1 amide bonds. The van der Waals surface area contributed by atoms with Crippen molar-refractivity contribution < 1.29 is 9.53 Å². The maximum absolute atomic E-state index is 11.0. The smallest absolute Gasteiger partial charge is 0.252 e. The van der Waals surface area contributed by atoms with Crippen molar-refractivity contribution >= 4 is 11.7 Å². The van der Waals surface area contributed by atoms with Crippen LogP contribution in [0.25, 0.3) is 0 Å². The molecule has 2 rings (SSSR count). The molecule has 1 aromatic heterocycles. The number of primary amides is 1. The number of ether oxygens (including phenoxy) is 1. The molecule has 1 aliphatic rings. The molecule has 2 heterocycles. The first-order valence-corrected chi connectivity index (χ1v) is 5.04. The van der Waals surface area contributed by atoms with E-state index in [0.29, 0.717) is 17.4 Å². The summed E-state index contributed by atoms with van der Waals surface area (Å²) in [4.78, 5) is 11.0. The van der Waals surface area contributed by atoms with E-state index in [9.17, 15) is 4.79 Å². The Morgan fingerprint density at radius 1 is 1.47 bits per heavy atom. The zero-order valence-corrected chi connectivity index (χ0v) is 8.48. The van der Waals surface area contributed by atoms with Gasteiger partial charge in [-0.3, -0.25) is 4.79 Å². The van der Waals surface area contributed by atoms with Gasteiger partial charge in [0.05, 0.1) is 5.56 Å². The third-order valence-electron chi connectivity index (χ3n) is 2.81. The lowest BCUT2D eigenvalue weighted by atomic mass is 10.1. The van der Waals surface area contributed by atoms with Gasteiger partial charge in [-0.15, -0.1) is 0 Å². The number of carbonyl (C=O) groups is 1. The monoisotopic (exact) mass is 209 g/mol. The Kier molecular flexibility index (Phi) is 2.64. The van der Waals surface area contributed by atoms with Crippen LogP contribution in [0.4, 0.5) is 5.82 Å². The van der Waals surface area contributed by atoms with E-state index in [-0.39, 0.29) is 0 Å². The summed E-state index contributed by atoms with van der Waals surface area (Å²) in [5.74, 6) is -0.00675. The Bertz CT molecular complexity index is 367. The van der Waals surface area contributed by atoms with Crippen LogP contribution in [0.1, 0.15) is 29.2 Å². The first kappa shape index (κ1) is 10.0. The molecule has 82 valence electrons. The predicted molar refractivity (Wildman–Crippen MR) is 56.5 cm³/mol. The summed E-state index contributed by atoms with van der Waals surface area (Å²) in [5.41, 5.74) is 11.5. The number of amides is 1. The van der Waals surface area contributed by atoms with Crippen molar-refractivity contribution in [3.8, 4) is 0 Å². The van der Waals surface area contributed by atoms with Crippen molar-refractivity contribution in [2.45, 2.75) is 18.9 Å². The summed E-state index contributed by atoms with van der Waals surface area (Å²) >= 11 is 0. The van der Waals surface area contributed by atoms with Crippen LogP contribution in [0.15, 0.2) is 12.3 Å². The number of hydrogen-bond donors (Lipinski definition) is 2. The number of anilines is 1. The number of hydrogen-bond acceptors (Lipinski definition) is 3. The van der Waals surface area contributed by atoms with Crippen molar-refractivity contribution in [1.82, 2.24) is 4.57 Å². The summed E-state index contributed by atoms with van der Waals surface area (Å²) in [6, 6.07) is 2.00. The largest absolute Gasteiger partial charge is 0.384 e. The van der Waals surface area contributed by atoms with Gasteiger partial charge in [0.2, 0.25) is 0 Å². The molecule has 0 atom stereocenters. The molecule has 15 heavy (non-hydrogen) atoms. The Hall–Kier alpha value is -1.49. The van der Waals surface area contributed by atoms with E-state index in [1.165, 1.54) is 0 Å². The molecule has 0 unspecified atom stereocenters. The maximum Gasteiger partial charge on any atom is 0.252 e. The quantitative estimate of drug-likeness (QED) is 0.744. The van der Waals surface area contributed by atoms with Crippen LogP contribution in [0.2, 0.25) is 0 Å². The van der Waals surface area contributed by atoms with E-state index >= 15 is 0 Å². The summed E-state index contributed by atoms with van der Waals surface area (Å²) in [5, 5.41) is 0. The first-order chi connectivity index (χ1) is 7.20. The van der Waals surface area contributed by atoms with E-state index in [1.54, 1.807) is 6.07 Å². The fourth-order valence-corrected chi connectivity index (χ4v) is 1.95. The fraction of sp³-hybridized carbons (Fsp3) is 0.500. The van der Waals surface area contributed by atoms with Crippen molar-refractivity contribution in [2.24, 2.45) is 5.73 Å². The zero-order valence-electron chi connectivity index (χ0n) is 8.48. The lowest BCUT2D eigenvalue weighted by Crippen LogP contribution is -2.21. The lowest BCUT2D eigenvalue weighted by Gasteiger charge is -2.24. The van der Waals surface area contributed by atoms with E-state index in [4.69, 9.17) is 16.2 Å². The number of carbonyl (C=O) groups excluding carboxylic acids is 1. The Morgan fingerprint density at radius 3 is 2.67 bits per heavy atom. The standard InChI is InChI=1S/C10H15N3O2/c11-9-8(10(12)14)1-4-13(9)7-2-5-15-6-3-7/h1,4,7H,2-3,5-6,11H2,(H2,12,14). The fourth-order valence-electron chi connectivity index (χ4n) is 1.95. The van der Waals surface area contributed by atoms with Crippen molar-refractivity contribution in [3.63, 3.8) is 0 Å². The van der Waals surface area contributed by atoms with Crippen molar-refractivity contribution in [3.05, 3.63) is 17.8 Å². The molecule has 4 N–H and O–H groups in total. The van der Waals surface area contributed by atoms with Crippen LogP contribution in [0.3, 0.4) is 0 Å². The maximum atomic E-state index is 11.0. The van der Waals surface area contributed by atoms with Crippen molar-refractivity contribution in [2.75, 3.05) is 18.9 Å². The molecule has 0 saturated carbocycles. The van der Waals surface area contributed by atoms with Gasteiger partial charge in [-0.1, -0.05) is 0 Å². The van der Waals surface area contributed by atoms with E-state index in [1.807, 2.05) is 10.8 Å². The topological polar surface area (TPSA) is 83.3 Å². The minimum absolute atomic E-state index is 0.326. The van der Waals surface area contributed by atoms with Gasteiger partial charge in [0.1, 0.15) is 5.82 Å². The van der Waals surface area contributed by atoms with Gasteiger partial charge in [-0.05, 0) is 18.9 Å². The first-order valence-electron chi connectivity index (χ1n) is 5.04. The highest BCUT2D eigenvalue weighted by Crippen LogP contribution is 2.26. The highest BCUT2D eigenvalue weighted by atomic mass is 16.5. The van der Waals surface area contributed by atoms with E-state index < -0.39 is 5.91 Å².